The first kappa shape index (κ1) is 9.95. The van der Waals surface area contributed by atoms with Crippen LogP contribution in [0.4, 0.5) is 0 Å². The number of hydrogen-bond acceptors (Lipinski definition) is 2. The minimum atomic E-state index is -3.49. The first-order valence-electron chi connectivity index (χ1n) is 4.38. The minimum Gasteiger partial charge on any atom is -0.216 e. The highest BCUT2D eigenvalue weighted by molar-refractivity contribution is 7.87. The molecule has 0 aromatic carbocycles. The second kappa shape index (κ2) is 4.20. The van der Waals surface area contributed by atoms with E-state index >= 15 is 0 Å². The molecule has 0 heterocycles. The fraction of sp³-hybridized carbons (Fsp3) is 1.00. The van der Waals surface area contributed by atoms with E-state index in [1.54, 1.807) is 0 Å². The summed E-state index contributed by atoms with van der Waals surface area (Å²) in [5, 5.41) is 4.88. The molecule has 1 saturated carbocycles. The lowest BCUT2D eigenvalue weighted by atomic mass is 10.1. The molecule has 1 rings (SSSR count). The smallest absolute Gasteiger partial charge is 0.216 e. The van der Waals surface area contributed by atoms with E-state index in [1.165, 1.54) is 12.8 Å². The third kappa shape index (κ3) is 4.04. The summed E-state index contributed by atoms with van der Waals surface area (Å²) in [5.41, 5.74) is 0. The van der Waals surface area contributed by atoms with Crippen molar-refractivity contribution in [3.63, 3.8) is 0 Å². The molecular weight excluding hydrogens is 176 g/mol. The van der Waals surface area contributed by atoms with Crippen LogP contribution >= 0.6 is 0 Å². The summed E-state index contributed by atoms with van der Waals surface area (Å²) in [5.74, 6) is 0. The highest BCUT2D eigenvalue weighted by Gasteiger charge is 2.15. The summed E-state index contributed by atoms with van der Waals surface area (Å²) < 4.78 is 23.8. The standard InChI is InChI=1S/C7H16N2O2S/c8-12(10,11)9-7-5-3-1-2-4-6-7/h7,9H,1-6H2,(H2,8,10,11). The lowest BCUT2D eigenvalue weighted by Gasteiger charge is -2.13. The monoisotopic (exact) mass is 192 g/mol. The van der Waals surface area contributed by atoms with Crippen molar-refractivity contribution < 1.29 is 8.42 Å². The first-order valence-corrected chi connectivity index (χ1v) is 5.92. The van der Waals surface area contributed by atoms with Gasteiger partial charge in [-0.15, -0.1) is 0 Å². The van der Waals surface area contributed by atoms with Crippen LogP contribution in [0.25, 0.3) is 0 Å². The molecule has 0 radical (unpaired) electrons. The highest BCUT2D eigenvalue weighted by Crippen LogP contribution is 2.17. The Morgan fingerprint density at radius 3 is 2.00 bits per heavy atom. The number of nitrogens with two attached hydrogens (primary N) is 1. The lowest BCUT2D eigenvalue weighted by molar-refractivity contribution is 0.511. The Morgan fingerprint density at radius 1 is 1.08 bits per heavy atom. The van der Waals surface area contributed by atoms with Crippen LogP contribution in [-0.4, -0.2) is 14.5 Å². The van der Waals surface area contributed by atoms with Crippen molar-refractivity contribution in [3.8, 4) is 0 Å². The summed E-state index contributed by atoms with van der Waals surface area (Å²) in [6, 6.07) is 0.0718. The summed E-state index contributed by atoms with van der Waals surface area (Å²) in [7, 11) is -3.49. The zero-order valence-corrected chi connectivity index (χ0v) is 7.94. The van der Waals surface area contributed by atoms with Gasteiger partial charge in [0.25, 0.3) is 10.2 Å². The second-order valence-electron chi connectivity index (χ2n) is 3.35. The van der Waals surface area contributed by atoms with Gasteiger partial charge in [0, 0.05) is 6.04 Å². The van der Waals surface area contributed by atoms with Crippen LogP contribution < -0.4 is 9.86 Å². The van der Waals surface area contributed by atoms with Crippen LogP contribution in [0.1, 0.15) is 38.5 Å². The van der Waals surface area contributed by atoms with Gasteiger partial charge < -0.3 is 0 Å². The average molecular weight is 192 g/mol. The molecule has 5 heteroatoms. The highest BCUT2D eigenvalue weighted by atomic mass is 32.2. The maximum Gasteiger partial charge on any atom is 0.274 e. The van der Waals surface area contributed by atoms with E-state index in [2.05, 4.69) is 4.72 Å². The Hall–Kier alpha value is -0.130. The Morgan fingerprint density at radius 2 is 1.58 bits per heavy atom. The van der Waals surface area contributed by atoms with Gasteiger partial charge in [0.05, 0.1) is 0 Å². The summed E-state index contributed by atoms with van der Waals surface area (Å²) in [4.78, 5) is 0. The quantitative estimate of drug-likeness (QED) is 0.625. The van der Waals surface area contributed by atoms with Gasteiger partial charge in [-0.2, -0.15) is 13.1 Å². The van der Waals surface area contributed by atoms with Crippen LogP contribution in [0.15, 0.2) is 0 Å². The van der Waals surface area contributed by atoms with E-state index in [0.717, 1.165) is 25.7 Å². The third-order valence-corrected chi connectivity index (χ3v) is 2.85. The molecule has 1 aliphatic carbocycles. The molecule has 3 N–H and O–H groups in total. The van der Waals surface area contributed by atoms with Crippen molar-refractivity contribution in [3.05, 3.63) is 0 Å². The van der Waals surface area contributed by atoms with Crippen molar-refractivity contribution in [1.82, 2.24) is 4.72 Å². The zero-order valence-electron chi connectivity index (χ0n) is 7.12. The van der Waals surface area contributed by atoms with Gasteiger partial charge in [-0.05, 0) is 12.8 Å². The SMILES string of the molecule is NS(=O)(=O)NC1CCCCCC1. The van der Waals surface area contributed by atoms with Gasteiger partial charge in [-0.25, -0.2) is 5.14 Å². The molecule has 1 aliphatic rings. The van der Waals surface area contributed by atoms with E-state index in [0.29, 0.717) is 0 Å². The topological polar surface area (TPSA) is 72.2 Å². The second-order valence-corrected chi connectivity index (χ2v) is 4.68. The predicted octanol–water partition coefficient (Wildman–Crippen LogP) is 0.502. The normalized spacial score (nSPS) is 22.1. The van der Waals surface area contributed by atoms with Crippen molar-refractivity contribution >= 4 is 10.2 Å². The molecular formula is C7H16N2O2S. The van der Waals surface area contributed by atoms with Crippen molar-refractivity contribution in [1.29, 1.82) is 0 Å². The molecule has 1 fully saturated rings. The minimum absolute atomic E-state index is 0.0718. The molecule has 0 aromatic heterocycles. The fourth-order valence-electron chi connectivity index (χ4n) is 1.63. The van der Waals surface area contributed by atoms with Crippen LogP contribution in [0.2, 0.25) is 0 Å². The Kier molecular flexibility index (Phi) is 3.49. The van der Waals surface area contributed by atoms with Gasteiger partial charge in [0.15, 0.2) is 0 Å². The fourth-order valence-corrected chi connectivity index (χ4v) is 2.33. The summed E-state index contributed by atoms with van der Waals surface area (Å²) in [6.45, 7) is 0. The molecule has 0 amide bonds. The van der Waals surface area contributed by atoms with Gasteiger partial charge in [-0.3, -0.25) is 0 Å². The molecule has 12 heavy (non-hydrogen) atoms. The summed E-state index contributed by atoms with van der Waals surface area (Å²) >= 11 is 0. The Labute approximate surface area is 73.7 Å². The lowest BCUT2D eigenvalue weighted by Crippen LogP contribution is -2.38. The van der Waals surface area contributed by atoms with Crippen LogP contribution in [-0.2, 0) is 10.2 Å². The van der Waals surface area contributed by atoms with Crippen molar-refractivity contribution in [2.75, 3.05) is 0 Å². The van der Waals surface area contributed by atoms with E-state index in [4.69, 9.17) is 5.14 Å². The molecule has 0 bridgehead atoms. The van der Waals surface area contributed by atoms with E-state index < -0.39 is 10.2 Å². The Balaban J connectivity index is 2.40. The van der Waals surface area contributed by atoms with E-state index in [-0.39, 0.29) is 6.04 Å². The van der Waals surface area contributed by atoms with Crippen LogP contribution in [0.5, 0.6) is 0 Å². The van der Waals surface area contributed by atoms with Crippen LogP contribution in [0, 0.1) is 0 Å². The molecule has 0 aromatic rings. The number of nitrogens with one attached hydrogen (secondary N) is 1. The van der Waals surface area contributed by atoms with Crippen LogP contribution in [0.3, 0.4) is 0 Å². The molecule has 0 saturated heterocycles. The number of hydrogen-bond donors (Lipinski definition) is 2. The number of rotatable bonds is 2. The van der Waals surface area contributed by atoms with Crippen molar-refractivity contribution in [2.24, 2.45) is 5.14 Å². The van der Waals surface area contributed by atoms with Gasteiger partial charge in [0.2, 0.25) is 0 Å². The first-order chi connectivity index (χ1) is 5.58. The molecule has 0 atom stereocenters. The van der Waals surface area contributed by atoms with Gasteiger partial charge >= 0.3 is 0 Å². The molecule has 0 aliphatic heterocycles. The predicted molar refractivity (Wildman–Crippen MR) is 47.7 cm³/mol. The molecule has 4 nitrogen and oxygen atoms in total. The largest absolute Gasteiger partial charge is 0.274 e. The molecule has 0 unspecified atom stereocenters. The maximum absolute atomic E-state index is 10.7. The van der Waals surface area contributed by atoms with E-state index in [1.807, 2.05) is 0 Å². The summed E-state index contributed by atoms with van der Waals surface area (Å²) in [6.07, 6.45) is 6.48. The van der Waals surface area contributed by atoms with E-state index in [9.17, 15) is 8.42 Å². The third-order valence-electron chi connectivity index (χ3n) is 2.19. The Bertz CT molecular complexity index is 218. The van der Waals surface area contributed by atoms with Crippen molar-refractivity contribution in [2.45, 2.75) is 44.6 Å². The molecule has 72 valence electrons. The van der Waals surface area contributed by atoms with Gasteiger partial charge in [-0.1, -0.05) is 25.7 Å². The zero-order chi connectivity index (χ0) is 9.03. The maximum atomic E-state index is 10.7. The average Bonchev–Trinajstić information content (AvgIpc) is 2.12. The molecule has 0 spiro atoms. The van der Waals surface area contributed by atoms with Gasteiger partial charge in [0.1, 0.15) is 0 Å².